The van der Waals surface area contributed by atoms with E-state index in [-0.39, 0.29) is 5.91 Å². The highest BCUT2D eigenvalue weighted by atomic mass is 19.1. The summed E-state index contributed by atoms with van der Waals surface area (Å²) in [6.45, 7) is 0.581. The molecule has 1 unspecified atom stereocenters. The lowest BCUT2D eigenvalue weighted by atomic mass is 9.78. The lowest BCUT2D eigenvalue weighted by molar-refractivity contribution is -0.135. The molecule has 2 heterocycles. The zero-order chi connectivity index (χ0) is 26.7. The molecule has 4 aromatic rings. The van der Waals surface area contributed by atoms with Crippen LogP contribution in [0.4, 0.5) is 15.8 Å². The quantitative estimate of drug-likeness (QED) is 0.245. The molecular formula is C28H27FN4O5. The standard InChI is InChI=1S/C28H27FN4O5/c1-36-24-13-21-22(14-25(24)37-2)31-12-11-23(21)38-20-9-7-19(8-10-20)33-27(35)28(15-30-16-28)26(34)32-18-5-3-17(29)4-6-18/h3-14,27,30,33,35H,15-16H2,1-2H3,(H,32,34). The Labute approximate surface area is 218 Å². The third kappa shape index (κ3) is 4.91. The zero-order valence-electron chi connectivity index (χ0n) is 20.8. The third-order valence-electron chi connectivity index (χ3n) is 6.55. The molecule has 9 nitrogen and oxygen atoms in total. The first-order chi connectivity index (χ1) is 18.4. The molecule has 5 rings (SSSR count). The number of aliphatic hydroxyl groups excluding tert-OH is 1. The molecule has 0 bridgehead atoms. The van der Waals surface area contributed by atoms with E-state index in [4.69, 9.17) is 14.2 Å². The molecule has 10 heteroatoms. The number of aromatic nitrogens is 1. The summed E-state index contributed by atoms with van der Waals surface area (Å²) in [6, 6.07) is 17.9. The predicted octanol–water partition coefficient (Wildman–Crippen LogP) is 4.14. The van der Waals surface area contributed by atoms with Crippen LogP contribution in [0, 0.1) is 11.2 Å². The maximum Gasteiger partial charge on any atom is 0.237 e. The van der Waals surface area contributed by atoms with Crippen LogP contribution in [0.25, 0.3) is 10.9 Å². The van der Waals surface area contributed by atoms with Crippen molar-refractivity contribution in [1.29, 1.82) is 0 Å². The summed E-state index contributed by atoms with van der Waals surface area (Å²) in [6.07, 6.45) is 0.487. The Balaban J connectivity index is 1.28. The number of carbonyl (C=O) groups is 1. The Bertz CT molecular complexity index is 1440. The van der Waals surface area contributed by atoms with Gasteiger partial charge < -0.3 is 35.3 Å². The summed E-state index contributed by atoms with van der Waals surface area (Å²) in [5.41, 5.74) is 0.673. The number of ether oxygens (including phenoxy) is 3. The van der Waals surface area contributed by atoms with Crippen molar-refractivity contribution in [2.45, 2.75) is 6.23 Å². The van der Waals surface area contributed by atoms with Gasteiger partial charge in [0.15, 0.2) is 11.5 Å². The monoisotopic (exact) mass is 518 g/mol. The lowest BCUT2D eigenvalue weighted by Crippen LogP contribution is -2.67. The summed E-state index contributed by atoms with van der Waals surface area (Å²) in [5.74, 6) is 1.54. The fourth-order valence-corrected chi connectivity index (χ4v) is 4.24. The second-order valence-electron chi connectivity index (χ2n) is 8.93. The van der Waals surface area contributed by atoms with Crippen molar-refractivity contribution < 1.29 is 28.5 Å². The van der Waals surface area contributed by atoms with Gasteiger partial charge in [-0.2, -0.15) is 0 Å². The number of pyridine rings is 1. The topological polar surface area (TPSA) is 114 Å². The molecule has 3 aromatic carbocycles. The fraction of sp³-hybridized carbons (Fsp3) is 0.214. The minimum Gasteiger partial charge on any atom is -0.493 e. The summed E-state index contributed by atoms with van der Waals surface area (Å²) >= 11 is 0. The van der Waals surface area contributed by atoms with Gasteiger partial charge in [-0.05, 0) is 60.7 Å². The highest BCUT2D eigenvalue weighted by Crippen LogP contribution is 2.37. The van der Waals surface area contributed by atoms with E-state index in [2.05, 4.69) is 20.9 Å². The molecule has 4 N–H and O–H groups in total. The number of anilines is 2. The zero-order valence-corrected chi connectivity index (χ0v) is 20.8. The Morgan fingerprint density at radius 1 is 0.974 bits per heavy atom. The number of nitrogens with one attached hydrogen (secondary N) is 3. The number of hydrogen-bond donors (Lipinski definition) is 4. The Morgan fingerprint density at radius 2 is 1.63 bits per heavy atom. The van der Waals surface area contributed by atoms with Crippen LogP contribution >= 0.6 is 0 Å². The highest BCUT2D eigenvalue weighted by Gasteiger charge is 2.50. The van der Waals surface area contributed by atoms with E-state index in [0.29, 0.717) is 53.0 Å². The highest BCUT2D eigenvalue weighted by molar-refractivity contribution is 5.97. The van der Waals surface area contributed by atoms with Crippen LogP contribution in [-0.2, 0) is 4.79 Å². The van der Waals surface area contributed by atoms with Gasteiger partial charge in [-0.15, -0.1) is 0 Å². The second kappa shape index (κ2) is 10.5. The summed E-state index contributed by atoms with van der Waals surface area (Å²) < 4.78 is 30.1. The van der Waals surface area contributed by atoms with Gasteiger partial charge in [-0.1, -0.05) is 0 Å². The molecule has 0 saturated carbocycles. The number of rotatable bonds is 9. The van der Waals surface area contributed by atoms with Gasteiger partial charge in [0.05, 0.1) is 19.7 Å². The second-order valence-corrected chi connectivity index (χ2v) is 8.93. The molecule has 0 aliphatic carbocycles. The smallest absolute Gasteiger partial charge is 0.237 e. The first kappa shape index (κ1) is 25.2. The van der Waals surface area contributed by atoms with Crippen molar-refractivity contribution in [2.24, 2.45) is 5.41 Å². The summed E-state index contributed by atoms with van der Waals surface area (Å²) in [5, 5.41) is 20.5. The maximum absolute atomic E-state index is 13.2. The Kier molecular flexibility index (Phi) is 6.99. The minimum atomic E-state index is -1.16. The fourth-order valence-electron chi connectivity index (χ4n) is 4.24. The van der Waals surface area contributed by atoms with Crippen molar-refractivity contribution in [2.75, 3.05) is 37.9 Å². The van der Waals surface area contributed by atoms with Gasteiger partial charge >= 0.3 is 0 Å². The molecule has 196 valence electrons. The number of methoxy groups -OCH3 is 2. The third-order valence-corrected chi connectivity index (χ3v) is 6.55. The van der Waals surface area contributed by atoms with Crippen molar-refractivity contribution in [3.05, 3.63) is 78.7 Å². The SMILES string of the molecule is COc1cc2nccc(Oc3ccc(NC(O)C4(C(=O)Nc5ccc(F)cc5)CNC4)cc3)c2cc1OC. The van der Waals surface area contributed by atoms with Crippen LogP contribution < -0.4 is 30.2 Å². The van der Waals surface area contributed by atoms with E-state index < -0.39 is 17.5 Å². The number of fused-ring (bicyclic) bond motifs is 1. The maximum atomic E-state index is 13.2. The van der Waals surface area contributed by atoms with Crippen molar-refractivity contribution in [1.82, 2.24) is 10.3 Å². The van der Waals surface area contributed by atoms with Gasteiger partial charge in [-0.3, -0.25) is 9.78 Å². The predicted molar refractivity (Wildman–Crippen MR) is 141 cm³/mol. The average Bonchev–Trinajstić information content (AvgIpc) is 2.90. The van der Waals surface area contributed by atoms with Crippen molar-refractivity contribution in [3.63, 3.8) is 0 Å². The normalized spacial score (nSPS) is 14.7. The number of nitrogens with zero attached hydrogens (tertiary/aromatic N) is 1. The van der Waals surface area contributed by atoms with Gasteiger partial charge in [0.2, 0.25) is 5.91 Å². The van der Waals surface area contributed by atoms with Crippen LogP contribution in [0.15, 0.2) is 72.9 Å². The van der Waals surface area contributed by atoms with Crippen molar-refractivity contribution >= 4 is 28.2 Å². The van der Waals surface area contributed by atoms with E-state index >= 15 is 0 Å². The van der Waals surface area contributed by atoms with Gasteiger partial charge in [-0.25, -0.2) is 4.39 Å². The number of hydrogen-bond acceptors (Lipinski definition) is 8. The minimum absolute atomic E-state index is 0.290. The van der Waals surface area contributed by atoms with Crippen LogP contribution in [0.2, 0.25) is 0 Å². The number of halogens is 1. The summed E-state index contributed by atoms with van der Waals surface area (Å²) in [7, 11) is 3.13. The Hall–Kier alpha value is -4.41. The molecule has 1 amide bonds. The van der Waals surface area contributed by atoms with Crippen LogP contribution in [0.1, 0.15) is 0 Å². The van der Waals surface area contributed by atoms with E-state index in [1.807, 2.05) is 6.07 Å². The molecule has 0 spiro atoms. The molecular weight excluding hydrogens is 491 g/mol. The molecule has 0 radical (unpaired) electrons. The average molecular weight is 519 g/mol. The van der Waals surface area contributed by atoms with Gasteiger partial charge in [0.25, 0.3) is 0 Å². The van der Waals surface area contributed by atoms with Crippen LogP contribution in [-0.4, -0.2) is 49.5 Å². The summed E-state index contributed by atoms with van der Waals surface area (Å²) in [4.78, 5) is 17.4. The van der Waals surface area contributed by atoms with Crippen molar-refractivity contribution in [3.8, 4) is 23.0 Å². The Morgan fingerprint density at radius 3 is 2.26 bits per heavy atom. The number of carbonyl (C=O) groups excluding carboxylic acids is 1. The lowest BCUT2D eigenvalue weighted by Gasteiger charge is -2.44. The van der Waals surface area contributed by atoms with E-state index in [9.17, 15) is 14.3 Å². The van der Waals surface area contributed by atoms with Gasteiger partial charge in [0, 0.05) is 42.1 Å². The number of amides is 1. The largest absolute Gasteiger partial charge is 0.493 e. The number of benzene rings is 3. The molecule has 1 aliphatic heterocycles. The van der Waals surface area contributed by atoms with Gasteiger partial charge in [0.1, 0.15) is 29.0 Å². The first-order valence-electron chi connectivity index (χ1n) is 11.9. The molecule has 1 aliphatic rings. The molecule has 1 aromatic heterocycles. The molecule has 1 saturated heterocycles. The molecule has 1 atom stereocenters. The molecule has 38 heavy (non-hydrogen) atoms. The first-order valence-corrected chi connectivity index (χ1v) is 11.9. The number of aliphatic hydroxyl groups is 1. The van der Waals surface area contributed by atoms with Crippen LogP contribution in [0.5, 0.6) is 23.0 Å². The molecule has 1 fully saturated rings. The van der Waals surface area contributed by atoms with E-state index in [1.165, 1.54) is 24.3 Å². The van der Waals surface area contributed by atoms with Crippen LogP contribution in [0.3, 0.4) is 0 Å². The van der Waals surface area contributed by atoms with E-state index in [1.54, 1.807) is 56.8 Å². The van der Waals surface area contributed by atoms with E-state index in [0.717, 1.165) is 5.39 Å².